The van der Waals surface area contributed by atoms with Crippen LogP contribution in [0.2, 0.25) is 0 Å². The molecule has 2 aliphatic carbocycles. The van der Waals surface area contributed by atoms with Gasteiger partial charge in [-0.2, -0.15) is 0 Å². The van der Waals surface area contributed by atoms with Gasteiger partial charge in [-0.1, -0.05) is 0 Å². The molecule has 2 saturated carbocycles. The van der Waals surface area contributed by atoms with E-state index in [9.17, 15) is 14.4 Å². The number of Topliss-reactive ketones (excluding diaryl/α,β-unsaturated/α-hetero) is 1. The molecule has 0 aliphatic heterocycles. The number of hydrogen-bond donors (Lipinski definition) is 1. The van der Waals surface area contributed by atoms with Crippen LogP contribution < -0.4 is 5.32 Å². The summed E-state index contributed by atoms with van der Waals surface area (Å²) >= 11 is 0. The second-order valence-corrected chi connectivity index (χ2v) is 6.17. The lowest BCUT2D eigenvalue weighted by Gasteiger charge is -2.22. The quantitative estimate of drug-likeness (QED) is 0.598. The Hall–Kier alpha value is -1.59. The summed E-state index contributed by atoms with van der Waals surface area (Å²) in [5.74, 6) is -1.51. The normalized spacial score (nSPS) is 32.5. The van der Waals surface area contributed by atoms with E-state index < -0.39 is 29.1 Å². The second kappa shape index (κ2) is 4.21. The van der Waals surface area contributed by atoms with Gasteiger partial charge in [0.15, 0.2) is 5.78 Å². The highest BCUT2D eigenvalue weighted by Gasteiger charge is 2.69. The summed E-state index contributed by atoms with van der Waals surface area (Å²) in [7, 11) is 1.26. The SMILES string of the molecule is COC(=O)C1C[C@H]2C[C@@]2(NC(=O)OC(C)(C)C)C1=O. The first-order valence-electron chi connectivity index (χ1n) is 6.33. The fourth-order valence-electron chi connectivity index (χ4n) is 2.66. The van der Waals surface area contributed by atoms with Gasteiger partial charge in [0, 0.05) is 0 Å². The van der Waals surface area contributed by atoms with Crippen molar-refractivity contribution in [2.45, 2.75) is 44.8 Å². The minimum absolute atomic E-state index is 0.0246. The summed E-state index contributed by atoms with van der Waals surface area (Å²) < 4.78 is 9.74. The molecule has 0 radical (unpaired) electrons. The second-order valence-electron chi connectivity index (χ2n) is 6.17. The third kappa shape index (κ3) is 2.43. The van der Waals surface area contributed by atoms with Crippen LogP contribution in [-0.4, -0.2) is 36.1 Å². The first kappa shape index (κ1) is 13.8. The van der Waals surface area contributed by atoms with Crippen LogP contribution >= 0.6 is 0 Å². The van der Waals surface area contributed by atoms with Gasteiger partial charge >= 0.3 is 12.1 Å². The number of esters is 1. The summed E-state index contributed by atoms with van der Waals surface area (Å²) in [6.45, 7) is 5.26. The van der Waals surface area contributed by atoms with E-state index in [4.69, 9.17) is 4.74 Å². The van der Waals surface area contributed by atoms with Crippen molar-refractivity contribution in [2.24, 2.45) is 11.8 Å². The van der Waals surface area contributed by atoms with Gasteiger partial charge in [-0.05, 0) is 39.5 Å². The van der Waals surface area contributed by atoms with E-state index in [0.717, 1.165) is 0 Å². The lowest BCUT2D eigenvalue weighted by Crippen LogP contribution is -2.47. The number of carbonyl (C=O) groups is 3. The Balaban J connectivity index is 2.01. The molecule has 19 heavy (non-hydrogen) atoms. The highest BCUT2D eigenvalue weighted by molar-refractivity contribution is 6.09. The number of ketones is 1. The molecular formula is C13H19NO5. The molecule has 6 heteroatoms. The molecule has 0 heterocycles. The van der Waals surface area contributed by atoms with E-state index in [1.54, 1.807) is 20.8 Å². The van der Waals surface area contributed by atoms with E-state index in [1.807, 2.05) is 0 Å². The Morgan fingerprint density at radius 3 is 2.53 bits per heavy atom. The maximum absolute atomic E-state index is 12.2. The Morgan fingerprint density at radius 2 is 2.00 bits per heavy atom. The number of amides is 1. The maximum atomic E-state index is 12.2. The fraction of sp³-hybridized carbons (Fsp3) is 0.769. The minimum Gasteiger partial charge on any atom is -0.468 e. The van der Waals surface area contributed by atoms with Crippen molar-refractivity contribution >= 4 is 17.8 Å². The molecule has 2 rings (SSSR count). The molecule has 0 aromatic heterocycles. The average Bonchev–Trinajstić information content (AvgIpc) is 2.88. The predicted molar refractivity (Wildman–Crippen MR) is 65.3 cm³/mol. The van der Waals surface area contributed by atoms with E-state index in [1.165, 1.54) is 7.11 Å². The van der Waals surface area contributed by atoms with Crippen LogP contribution in [0.4, 0.5) is 4.79 Å². The molecule has 0 bridgehead atoms. The van der Waals surface area contributed by atoms with E-state index in [-0.39, 0.29) is 11.7 Å². The van der Waals surface area contributed by atoms with Gasteiger partial charge in [0.05, 0.1) is 7.11 Å². The van der Waals surface area contributed by atoms with Crippen molar-refractivity contribution in [3.63, 3.8) is 0 Å². The number of nitrogens with one attached hydrogen (secondary N) is 1. The van der Waals surface area contributed by atoms with Crippen LogP contribution in [0.1, 0.15) is 33.6 Å². The van der Waals surface area contributed by atoms with Gasteiger partial charge < -0.3 is 14.8 Å². The third-order valence-corrected chi connectivity index (χ3v) is 3.59. The lowest BCUT2D eigenvalue weighted by atomic mass is 10.0. The topological polar surface area (TPSA) is 81.7 Å². The molecule has 0 aromatic rings. The molecule has 6 nitrogen and oxygen atoms in total. The number of hydrogen-bond acceptors (Lipinski definition) is 5. The van der Waals surface area contributed by atoms with Gasteiger partial charge in [0.1, 0.15) is 17.1 Å². The van der Waals surface area contributed by atoms with Gasteiger partial charge in [-0.3, -0.25) is 9.59 Å². The molecule has 0 saturated heterocycles. The zero-order valence-electron chi connectivity index (χ0n) is 11.6. The van der Waals surface area contributed by atoms with E-state index >= 15 is 0 Å². The number of ether oxygens (including phenoxy) is 2. The Bertz CT molecular complexity index is 439. The summed E-state index contributed by atoms with van der Waals surface area (Å²) in [5.41, 5.74) is -1.52. The largest absolute Gasteiger partial charge is 0.468 e. The number of carbonyl (C=O) groups excluding carboxylic acids is 3. The number of fused-ring (bicyclic) bond motifs is 1. The monoisotopic (exact) mass is 269 g/mol. The van der Waals surface area contributed by atoms with Crippen LogP contribution in [-0.2, 0) is 19.1 Å². The molecule has 106 valence electrons. The van der Waals surface area contributed by atoms with Crippen LogP contribution in [0.5, 0.6) is 0 Å². The summed E-state index contributed by atoms with van der Waals surface area (Å²) in [4.78, 5) is 35.4. The van der Waals surface area contributed by atoms with Gasteiger partial charge in [0.2, 0.25) is 0 Å². The smallest absolute Gasteiger partial charge is 0.408 e. The first-order valence-corrected chi connectivity index (χ1v) is 6.33. The van der Waals surface area contributed by atoms with Gasteiger partial charge in [0.25, 0.3) is 0 Å². The first-order chi connectivity index (χ1) is 8.69. The minimum atomic E-state index is -0.902. The van der Waals surface area contributed by atoms with Crippen molar-refractivity contribution in [1.82, 2.24) is 5.32 Å². The van der Waals surface area contributed by atoms with Crippen molar-refractivity contribution in [3.8, 4) is 0 Å². The highest BCUT2D eigenvalue weighted by Crippen LogP contribution is 2.56. The number of rotatable bonds is 2. The zero-order valence-corrected chi connectivity index (χ0v) is 11.6. The van der Waals surface area contributed by atoms with Gasteiger partial charge in [-0.15, -0.1) is 0 Å². The summed E-state index contributed by atoms with van der Waals surface area (Å²) in [6, 6.07) is 0. The van der Waals surface area contributed by atoms with Crippen LogP contribution in [0.25, 0.3) is 0 Å². The Labute approximate surface area is 111 Å². The number of alkyl carbamates (subject to hydrolysis) is 1. The Morgan fingerprint density at radius 1 is 1.37 bits per heavy atom. The van der Waals surface area contributed by atoms with E-state index in [2.05, 4.69) is 10.1 Å². The summed E-state index contributed by atoms with van der Waals surface area (Å²) in [6.07, 6.45) is 0.411. The van der Waals surface area contributed by atoms with Crippen molar-refractivity contribution in [1.29, 1.82) is 0 Å². The van der Waals surface area contributed by atoms with Crippen LogP contribution in [0, 0.1) is 11.8 Å². The molecule has 1 unspecified atom stereocenters. The van der Waals surface area contributed by atoms with Crippen LogP contribution in [0.3, 0.4) is 0 Å². The standard InChI is InChI=1S/C13H19NO5/c1-12(2,3)19-11(17)14-13-6-7(13)5-8(9(13)15)10(16)18-4/h7-8H,5-6H2,1-4H3,(H,14,17)/t7-,8?,13-/m0/s1. The molecule has 2 aliphatic rings. The fourth-order valence-corrected chi connectivity index (χ4v) is 2.66. The summed E-state index contributed by atoms with van der Waals surface area (Å²) in [5, 5.41) is 2.63. The maximum Gasteiger partial charge on any atom is 0.408 e. The van der Waals surface area contributed by atoms with Gasteiger partial charge in [-0.25, -0.2) is 4.79 Å². The third-order valence-electron chi connectivity index (χ3n) is 3.59. The molecule has 2 fully saturated rings. The van der Waals surface area contributed by atoms with Crippen molar-refractivity contribution in [3.05, 3.63) is 0 Å². The molecule has 0 spiro atoms. The molecule has 3 atom stereocenters. The molecular weight excluding hydrogens is 250 g/mol. The van der Waals surface area contributed by atoms with E-state index in [0.29, 0.717) is 12.8 Å². The molecule has 1 N–H and O–H groups in total. The highest BCUT2D eigenvalue weighted by atomic mass is 16.6. The van der Waals surface area contributed by atoms with Crippen molar-refractivity contribution in [2.75, 3.05) is 7.11 Å². The average molecular weight is 269 g/mol. The zero-order chi connectivity index (χ0) is 14.4. The lowest BCUT2D eigenvalue weighted by molar-refractivity contribution is -0.149. The molecule has 0 aromatic carbocycles. The van der Waals surface area contributed by atoms with Crippen LogP contribution in [0.15, 0.2) is 0 Å². The Kier molecular flexibility index (Phi) is 3.07. The predicted octanol–water partition coefficient (Wildman–Crippen LogP) is 1.03. The number of methoxy groups -OCH3 is 1. The van der Waals surface area contributed by atoms with Crippen molar-refractivity contribution < 1.29 is 23.9 Å². The molecule has 1 amide bonds.